The first kappa shape index (κ1) is 12.8. The number of ether oxygens (including phenoxy) is 1. The van der Waals surface area contributed by atoms with E-state index in [1.54, 1.807) is 18.5 Å². The van der Waals surface area contributed by atoms with Crippen molar-refractivity contribution in [2.75, 3.05) is 6.61 Å². The molecule has 0 amide bonds. The number of hydrogen-bond acceptors (Lipinski definition) is 4. The highest BCUT2D eigenvalue weighted by Gasteiger charge is 2.14. The molecule has 0 saturated heterocycles. The van der Waals surface area contributed by atoms with Gasteiger partial charge in [0, 0.05) is 16.6 Å². The monoisotopic (exact) mass is 261 g/mol. The smallest absolute Gasteiger partial charge is 0.204 e. The highest BCUT2D eigenvalue weighted by atomic mass is 32.1. The maximum Gasteiger partial charge on any atom is 0.204 e. The molecule has 0 fully saturated rings. The molecule has 0 saturated carbocycles. The molecule has 94 valence electrons. The fourth-order valence-electron chi connectivity index (χ4n) is 1.62. The van der Waals surface area contributed by atoms with Crippen molar-refractivity contribution in [1.29, 1.82) is 0 Å². The largest absolute Gasteiger partial charge is 0.492 e. The second-order valence-electron chi connectivity index (χ2n) is 4.02. The van der Waals surface area contributed by atoms with Gasteiger partial charge in [0.2, 0.25) is 5.78 Å². The Kier molecular flexibility index (Phi) is 3.77. The summed E-state index contributed by atoms with van der Waals surface area (Å²) in [5.74, 6) is 0.638. The van der Waals surface area contributed by atoms with Gasteiger partial charge >= 0.3 is 0 Å². The molecule has 0 atom stereocenters. The topological polar surface area (TPSA) is 39.2 Å². The third-order valence-corrected chi connectivity index (χ3v) is 3.83. The summed E-state index contributed by atoms with van der Waals surface area (Å²) in [4.78, 5) is 18.2. The van der Waals surface area contributed by atoms with Gasteiger partial charge in [0.15, 0.2) is 0 Å². The molecule has 2 heterocycles. The molecular formula is C14H15NO2S. The number of pyridine rings is 1. The molecule has 2 rings (SSSR count). The van der Waals surface area contributed by atoms with Crippen molar-refractivity contribution in [3.8, 4) is 5.75 Å². The third kappa shape index (κ3) is 2.59. The molecule has 0 aromatic carbocycles. The molecule has 0 aliphatic rings. The van der Waals surface area contributed by atoms with E-state index in [0.717, 1.165) is 10.4 Å². The van der Waals surface area contributed by atoms with Crippen LogP contribution < -0.4 is 4.74 Å². The number of carbonyl (C=O) groups excluding carboxylic acids is 1. The number of thiophene rings is 1. The van der Waals surface area contributed by atoms with Crippen molar-refractivity contribution >= 4 is 17.1 Å². The molecule has 0 bridgehead atoms. The minimum Gasteiger partial charge on any atom is -0.492 e. The SMILES string of the molecule is CCOc1cncc(C(=O)c2cc(C)c(C)s2)c1. The molecule has 0 radical (unpaired) electrons. The predicted octanol–water partition coefficient (Wildman–Crippen LogP) is 3.39. The van der Waals surface area contributed by atoms with Crippen molar-refractivity contribution in [2.45, 2.75) is 20.8 Å². The first-order valence-electron chi connectivity index (χ1n) is 5.81. The average Bonchev–Trinajstić information content (AvgIpc) is 2.69. The Balaban J connectivity index is 2.30. The van der Waals surface area contributed by atoms with Gasteiger partial charge in [-0.15, -0.1) is 11.3 Å². The lowest BCUT2D eigenvalue weighted by atomic mass is 10.1. The number of nitrogens with zero attached hydrogens (tertiary/aromatic N) is 1. The minimum atomic E-state index is 0.00486. The van der Waals surface area contributed by atoms with Gasteiger partial charge in [-0.25, -0.2) is 0 Å². The zero-order valence-electron chi connectivity index (χ0n) is 10.7. The molecule has 2 aromatic heterocycles. The van der Waals surface area contributed by atoms with Gasteiger partial charge in [-0.1, -0.05) is 0 Å². The quantitative estimate of drug-likeness (QED) is 0.792. The zero-order valence-corrected chi connectivity index (χ0v) is 11.5. The summed E-state index contributed by atoms with van der Waals surface area (Å²) in [6.07, 6.45) is 3.19. The minimum absolute atomic E-state index is 0.00486. The summed E-state index contributed by atoms with van der Waals surface area (Å²) in [5.41, 5.74) is 1.72. The lowest BCUT2D eigenvalue weighted by Gasteiger charge is -2.03. The number of hydrogen-bond donors (Lipinski definition) is 0. The Labute approximate surface area is 110 Å². The predicted molar refractivity (Wildman–Crippen MR) is 72.6 cm³/mol. The van der Waals surface area contributed by atoms with E-state index < -0.39 is 0 Å². The van der Waals surface area contributed by atoms with E-state index in [1.807, 2.05) is 26.8 Å². The summed E-state index contributed by atoms with van der Waals surface area (Å²) in [5, 5.41) is 0. The van der Waals surface area contributed by atoms with Crippen molar-refractivity contribution in [2.24, 2.45) is 0 Å². The summed E-state index contributed by atoms with van der Waals surface area (Å²) >= 11 is 1.52. The van der Waals surface area contributed by atoms with Crippen molar-refractivity contribution in [3.05, 3.63) is 45.4 Å². The third-order valence-electron chi connectivity index (χ3n) is 2.68. The summed E-state index contributed by atoms with van der Waals surface area (Å²) < 4.78 is 5.35. The van der Waals surface area contributed by atoms with Crippen molar-refractivity contribution in [3.63, 3.8) is 0 Å². The molecule has 0 aliphatic heterocycles. The van der Waals surface area contributed by atoms with Gasteiger partial charge in [-0.2, -0.15) is 0 Å². The van der Waals surface area contributed by atoms with Crippen molar-refractivity contribution in [1.82, 2.24) is 4.98 Å². The fourth-order valence-corrected chi connectivity index (χ4v) is 2.61. The van der Waals surface area contributed by atoms with Crippen LogP contribution in [-0.2, 0) is 0 Å². The van der Waals surface area contributed by atoms with E-state index in [1.165, 1.54) is 16.2 Å². The summed E-state index contributed by atoms with van der Waals surface area (Å²) in [7, 11) is 0. The highest BCUT2D eigenvalue weighted by molar-refractivity contribution is 7.14. The Morgan fingerprint density at radius 1 is 1.33 bits per heavy atom. The highest BCUT2D eigenvalue weighted by Crippen LogP contribution is 2.24. The van der Waals surface area contributed by atoms with Crippen LogP contribution in [0.2, 0.25) is 0 Å². The van der Waals surface area contributed by atoms with Crippen LogP contribution in [0.25, 0.3) is 0 Å². The van der Waals surface area contributed by atoms with E-state index in [-0.39, 0.29) is 5.78 Å². The van der Waals surface area contributed by atoms with Gasteiger partial charge in [0.1, 0.15) is 5.75 Å². The molecule has 18 heavy (non-hydrogen) atoms. The number of aryl methyl sites for hydroxylation is 2. The van der Waals surface area contributed by atoms with Crippen LogP contribution in [0.1, 0.15) is 32.6 Å². The van der Waals surface area contributed by atoms with E-state index >= 15 is 0 Å². The average molecular weight is 261 g/mol. The van der Waals surface area contributed by atoms with E-state index in [2.05, 4.69) is 4.98 Å². The molecule has 2 aromatic rings. The first-order chi connectivity index (χ1) is 8.61. The fraction of sp³-hybridized carbons (Fsp3) is 0.286. The van der Waals surface area contributed by atoms with Crippen molar-refractivity contribution < 1.29 is 9.53 Å². The summed E-state index contributed by atoms with van der Waals surface area (Å²) in [6, 6.07) is 3.67. The van der Waals surface area contributed by atoms with Crippen LogP contribution in [0.5, 0.6) is 5.75 Å². The van der Waals surface area contributed by atoms with Crippen LogP contribution >= 0.6 is 11.3 Å². The molecule has 0 unspecified atom stereocenters. The zero-order chi connectivity index (χ0) is 13.1. The van der Waals surface area contributed by atoms with Crippen LogP contribution in [0, 0.1) is 13.8 Å². The maximum atomic E-state index is 12.3. The van der Waals surface area contributed by atoms with Gasteiger partial charge in [0.25, 0.3) is 0 Å². The van der Waals surface area contributed by atoms with Gasteiger partial charge in [-0.05, 0) is 38.5 Å². The Morgan fingerprint density at radius 3 is 2.72 bits per heavy atom. The molecule has 3 nitrogen and oxygen atoms in total. The van der Waals surface area contributed by atoms with Crippen LogP contribution in [0.3, 0.4) is 0 Å². The first-order valence-corrected chi connectivity index (χ1v) is 6.63. The Bertz CT molecular complexity index is 555. The van der Waals surface area contributed by atoms with E-state index in [0.29, 0.717) is 17.9 Å². The second-order valence-corrected chi connectivity index (χ2v) is 5.28. The number of ketones is 1. The Hall–Kier alpha value is -1.68. The molecule has 0 aliphatic carbocycles. The van der Waals surface area contributed by atoms with Crippen LogP contribution in [0.4, 0.5) is 0 Å². The lowest BCUT2D eigenvalue weighted by Crippen LogP contribution is -2.01. The number of carbonyl (C=O) groups is 1. The standard InChI is InChI=1S/C14H15NO2S/c1-4-17-12-6-11(7-15-8-12)14(16)13-5-9(2)10(3)18-13/h5-8H,4H2,1-3H3. The normalized spacial score (nSPS) is 10.4. The van der Waals surface area contributed by atoms with Crippen LogP contribution in [0.15, 0.2) is 24.5 Å². The molecular weight excluding hydrogens is 246 g/mol. The molecule has 0 N–H and O–H groups in total. The Morgan fingerprint density at radius 2 is 2.11 bits per heavy atom. The van der Waals surface area contributed by atoms with Gasteiger partial charge in [0.05, 0.1) is 17.7 Å². The number of aromatic nitrogens is 1. The lowest BCUT2D eigenvalue weighted by molar-refractivity contribution is 0.104. The van der Waals surface area contributed by atoms with E-state index in [4.69, 9.17) is 4.74 Å². The maximum absolute atomic E-state index is 12.3. The second kappa shape index (κ2) is 5.31. The summed E-state index contributed by atoms with van der Waals surface area (Å²) in [6.45, 7) is 6.50. The van der Waals surface area contributed by atoms with E-state index in [9.17, 15) is 4.79 Å². The van der Waals surface area contributed by atoms with Gasteiger partial charge < -0.3 is 4.74 Å². The van der Waals surface area contributed by atoms with Gasteiger partial charge in [-0.3, -0.25) is 9.78 Å². The molecule has 4 heteroatoms. The van der Waals surface area contributed by atoms with Crippen LogP contribution in [-0.4, -0.2) is 17.4 Å². The number of rotatable bonds is 4. The molecule has 0 spiro atoms.